The van der Waals surface area contributed by atoms with Crippen molar-refractivity contribution in [3.8, 4) is 0 Å². The van der Waals surface area contributed by atoms with Crippen LogP contribution in [0.25, 0.3) is 10.2 Å². The van der Waals surface area contributed by atoms with Crippen LogP contribution >= 0.6 is 35.6 Å². The average Bonchev–Trinajstić information content (AvgIpc) is 3.31. The minimum absolute atomic E-state index is 0.127. The van der Waals surface area contributed by atoms with Crippen LogP contribution < -0.4 is 11.1 Å². The summed E-state index contributed by atoms with van der Waals surface area (Å²) in [6.07, 6.45) is 9.55. The van der Waals surface area contributed by atoms with Gasteiger partial charge in [0.1, 0.15) is 17.0 Å². The smallest absolute Gasteiger partial charge is 0.210 e. The second kappa shape index (κ2) is 9.45. The van der Waals surface area contributed by atoms with Crippen molar-refractivity contribution in [3.05, 3.63) is 33.9 Å². The number of halogens is 1. The van der Waals surface area contributed by atoms with Gasteiger partial charge in [-0.2, -0.15) is 0 Å². The molecule has 3 N–H and O–H groups in total. The number of fused-ring (bicyclic) bond motifs is 3. The maximum atomic E-state index is 10.3. The molecule has 2 aromatic heterocycles. The van der Waals surface area contributed by atoms with Crippen LogP contribution in [0.1, 0.15) is 50.0 Å². The highest BCUT2D eigenvalue weighted by atomic mass is 35.5. The predicted octanol–water partition coefficient (Wildman–Crippen LogP) is 5.86. The molecular weight excluding hydrogens is 462 g/mol. The van der Waals surface area contributed by atoms with Crippen LogP contribution in [0, 0.1) is 0 Å². The number of amides is 1. The molecule has 5 rings (SSSR count). The van der Waals surface area contributed by atoms with Gasteiger partial charge < -0.3 is 16.0 Å². The summed E-state index contributed by atoms with van der Waals surface area (Å²) in [7, 11) is 0. The fraction of sp³-hybridized carbons (Fsp3) is 0.435. The summed E-state index contributed by atoms with van der Waals surface area (Å²) in [5.74, 6) is 0.800. The summed E-state index contributed by atoms with van der Waals surface area (Å²) in [4.78, 5) is 24.3. The number of nitrogens with one attached hydrogen (secondary N) is 1. The van der Waals surface area contributed by atoms with Crippen molar-refractivity contribution in [2.75, 3.05) is 17.6 Å². The number of aromatic nitrogens is 2. The quantitative estimate of drug-likeness (QED) is 0.244. The summed E-state index contributed by atoms with van der Waals surface area (Å²) in [5, 5.41) is 5.02. The van der Waals surface area contributed by atoms with Crippen LogP contribution in [-0.2, 0) is 17.6 Å². The molecule has 1 aromatic carbocycles. The van der Waals surface area contributed by atoms with Crippen LogP contribution in [0.4, 0.5) is 17.2 Å². The van der Waals surface area contributed by atoms with Crippen molar-refractivity contribution in [1.82, 2.24) is 14.9 Å². The normalized spacial score (nSPS) is 16.9. The Hall–Kier alpha value is -2.03. The zero-order chi connectivity index (χ0) is 22.9. The number of nitrogens with zero attached hydrogens (tertiary/aromatic N) is 3. The van der Waals surface area contributed by atoms with Gasteiger partial charge >= 0.3 is 0 Å². The molecule has 0 bridgehead atoms. The van der Waals surface area contributed by atoms with Crippen LogP contribution in [0.3, 0.4) is 0 Å². The maximum absolute atomic E-state index is 10.3. The number of anilines is 3. The minimum Gasteiger partial charge on any atom is -0.398 e. The first-order valence-corrected chi connectivity index (χ1v) is 12.5. The van der Waals surface area contributed by atoms with E-state index in [4.69, 9.17) is 17.3 Å². The van der Waals surface area contributed by atoms with E-state index in [1.54, 1.807) is 23.7 Å². The molecule has 2 aliphatic rings. The Morgan fingerprint density at radius 1 is 1.25 bits per heavy atom. The SMILES string of the molecule is CC1(C)CCCN1C=O.Nc1cc(Cl)c(Nc2ncnc3sc4c(c23)CCCC4)cc1S. The summed E-state index contributed by atoms with van der Waals surface area (Å²) in [6, 6.07) is 3.53. The Morgan fingerprint density at radius 3 is 2.72 bits per heavy atom. The van der Waals surface area contributed by atoms with Gasteiger partial charge in [0.25, 0.3) is 0 Å². The molecule has 1 fully saturated rings. The molecule has 3 aromatic rings. The van der Waals surface area contributed by atoms with E-state index >= 15 is 0 Å². The van der Waals surface area contributed by atoms with E-state index in [0.29, 0.717) is 15.6 Å². The van der Waals surface area contributed by atoms with Crippen molar-refractivity contribution in [1.29, 1.82) is 0 Å². The van der Waals surface area contributed by atoms with Crippen molar-refractivity contribution in [2.24, 2.45) is 0 Å². The molecule has 32 heavy (non-hydrogen) atoms. The lowest BCUT2D eigenvalue weighted by Gasteiger charge is -2.27. The number of thiophene rings is 1. The Labute approximate surface area is 203 Å². The standard InChI is InChI=1S/C16H15ClN4S2.C7H13NO/c17-9-5-10(18)12(22)6-11(9)21-15-14-8-3-1-2-4-13(8)23-16(14)20-7-19-15;1-7(2)4-3-5-8(7)6-9/h5-7,22H,1-4,18H2,(H,19,20,21);6H,3-5H2,1-2H3. The Bertz CT molecular complexity index is 1150. The predicted molar refractivity (Wildman–Crippen MR) is 137 cm³/mol. The lowest BCUT2D eigenvalue weighted by Crippen LogP contribution is -2.36. The van der Waals surface area contributed by atoms with E-state index in [1.165, 1.54) is 23.3 Å². The summed E-state index contributed by atoms with van der Waals surface area (Å²) >= 11 is 12.4. The second-order valence-electron chi connectivity index (χ2n) is 8.84. The van der Waals surface area contributed by atoms with Gasteiger partial charge in [-0.05, 0) is 70.1 Å². The molecule has 1 amide bonds. The van der Waals surface area contributed by atoms with Gasteiger partial charge in [0.05, 0.1) is 16.1 Å². The third-order valence-electron chi connectivity index (χ3n) is 6.21. The molecule has 1 aliphatic heterocycles. The zero-order valence-corrected chi connectivity index (χ0v) is 20.8. The van der Waals surface area contributed by atoms with Gasteiger partial charge in [-0.25, -0.2) is 9.97 Å². The number of thiol groups is 1. The number of hydrogen-bond acceptors (Lipinski definition) is 7. The molecule has 1 aliphatic carbocycles. The number of likely N-dealkylation sites (tertiary alicyclic amines) is 1. The number of rotatable bonds is 3. The molecule has 0 saturated carbocycles. The van der Waals surface area contributed by atoms with Crippen molar-refractivity contribution >= 4 is 69.4 Å². The van der Waals surface area contributed by atoms with Gasteiger partial charge in [-0.3, -0.25) is 4.79 Å². The molecule has 6 nitrogen and oxygen atoms in total. The topological polar surface area (TPSA) is 84.1 Å². The molecule has 3 heterocycles. The highest BCUT2D eigenvalue weighted by Gasteiger charge is 2.30. The van der Waals surface area contributed by atoms with Crippen molar-refractivity contribution in [2.45, 2.75) is 62.8 Å². The number of aryl methyl sites for hydroxylation is 2. The van der Waals surface area contributed by atoms with Gasteiger partial charge in [0, 0.05) is 27.5 Å². The summed E-state index contributed by atoms with van der Waals surface area (Å²) in [6.45, 7) is 5.15. The van der Waals surface area contributed by atoms with Gasteiger partial charge in [0.2, 0.25) is 6.41 Å². The van der Waals surface area contributed by atoms with Gasteiger partial charge in [-0.1, -0.05) is 11.6 Å². The van der Waals surface area contributed by atoms with Gasteiger partial charge in [-0.15, -0.1) is 24.0 Å². The first-order valence-electron chi connectivity index (χ1n) is 10.8. The maximum Gasteiger partial charge on any atom is 0.210 e. The molecule has 0 spiro atoms. The molecule has 1 saturated heterocycles. The van der Waals surface area contributed by atoms with Crippen LogP contribution in [-0.4, -0.2) is 33.4 Å². The van der Waals surface area contributed by atoms with E-state index in [9.17, 15) is 4.79 Å². The average molecular weight is 490 g/mol. The van der Waals surface area contributed by atoms with E-state index in [-0.39, 0.29) is 5.54 Å². The molecular formula is C23H28ClN5OS2. The number of nitrogens with two attached hydrogens (primary N) is 1. The molecule has 170 valence electrons. The highest BCUT2D eigenvalue weighted by Crippen LogP contribution is 2.40. The van der Waals surface area contributed by atoms with E-state index < -0.39 is 0 Å². The molecule has 9 heteroatoms. The Morgan fingerprint density at radius 2 is 2.03 bits per heavy atom. The second-order valence-corrected chi connectivity index (χ2v) is 10.8. The van der Waals surface area contributed by atoms with E-state index in [2.05, 4.69) is 41.8 Å². The lowest BCUT2D eigenvalue weighted by molar-refractivity contribution is -0.120. The molecule has 0 unspecified atom stereocenters. The fourth-order valence-electron chi connectivity index (χ4n) is 4.31. The number of benzene rings is 1. The number of carbonyl (C=O) groups excluding carboxylic acids is 1. The number of nitrogen functional groups attached to an aromatic ring is 1. The number of carbonyl (C=O) groups is 1. The highest BCUT2D eigenvalue weighted by molar-refractivity contribution is 7.80. The van der Waals surface area contributed by atoms with E-state index in [1.807, 2.05) is 11.0 Å². The van der Waals surface area contributed by atoms with Crippen LogP contribution in [0.15, 0.2) is 23.4 Å². The Kier molecular flexibility index (Phi) is 6.83. The first-order chi connectivity index (χ1) is 15.3. The van der Waals surface area contributed by atoms with E-state index in [0.717, 1.165) is 60.4 Å². The van der Waals surface area contributed by atoms with Gasteiger partial charge in [0.15, 0.2) is 0 Å². The first kappa shape index (κ1) is 23.1. The molecule has 0 atom stereocenters. The largest absolute Gasteiger partial charge is 0.398 e. The summed E-state index contributed by atoms with van der Waals surface area (Å²) < 4.78 is 0. The zero-order valence-electron chi connectivity index (χ0n) is 18.3. The fourth-order valence-corrected chi connectivity index (χ4v) is 5.95. The minimum atomic E-state index is 0.127. The third-order valence-corrected chi connectivity index (χ3v) is 8.11. The van der Waals surface area contributed by atoms with Crippen LogP contribution in [0.2, 0.25) is 5.02 Å². The monoisotopic (exact) mass is 489 g/mol. The molecule has 0 radical (unpaired) electrons. The van der Waals surface area contributed by atoms with Crippen molar-refractivity contribution in [3.63, 3.8) is 0 Å². The number of hydrogen-bond donors (Lipinski definition) is 3. The van der Waals surface area contributed by atoms with Crippen molar-refractivity contribution < 1.29 is 4.79 Å². The summed E-state index contributed by atoms with van der Waals surface area (Å²) in [5.41, 5.74) is 8.66. The lowest BCUT2D eigenvalue weighted by atomic mass is 9.97. The van der Waals surface area contributed by atoms with Crippen LogP contribution in [0.5, 0.6) is 0 Å². The Balaban J connectivity index is 0.000000230. The third kappa shape index (κ3) is 4.67.